The number of benzene rings is 2. The number of fused-ring (bicyclic) bond motifs is 1. The fourth-order valence-electron chi connectivity index (χ4n) is 3.81. The number of hydrogen-bond donors (Lipinski definition) is 0. The van der Waals surface area contributed by atoms with Gasteiger partial charge in [0.25, 0.3) is 11.6 Å². The normalized spacial score (nSPS) is 13.9. The molecule has 0 atom stereocenters. The minimum absolute atomic E-state index is 0.0307. The highest BCUT2D eigenvalue weighted by molar-refractivity contribution is 7.89. The van der Waals surface area contributed by atoms with Crippen LogP contribution in [0.5, 0.6) is 0 Å². The maximum absolute atomic E-state index is 13.1. The third-order valence-electron chi connectivity index (χ3n) is 5.40. The minimum Gasteiger partial charge on any atom is -0.308 e. The number of sulfonamides is 1. The van der Waals surface area contributed by atoms with Crippen LogP contribution in [0.3, 0.4) is 0 Å². The summed E-state index contributed by atoms with van der Waals surface area (Å²) in [6.45, 7) is 6.48. The van der Waals surface area contributed by atoms with Crippen LogP contribution in [0.15, 0.2) is 41.3 Å². The lowest BCUT2D eigenvalue weighted by Gasteiger charge is -2.30. The number of amides is 1. The Morgan fingerprint density at radius 3 is 2.47 bits per heavy atom. The highest BCUT2D eigenvalue weighted by atomic mass is 32.2. The van der Waals surface area contributed by atoms with Crippen molar-refractivity contribution in [3.63, 3.8) is 0 Å². The van der Waals surface area contributed by atoms with Crippen molar-refractivity contribution < 1.29 is 18.1 Å². The molecule has 0 saturated carbocycles. The lowest BCUT2D eigenvalue weighted by atomic mass is 10.00. The summed E-state index contributed by atoms with van der Waals surface area (Å²) in [7, 11) is -3.58. The summed E-state index contributed by atoms with van der Waals surface area (Å²) in [6.07, 6.45) is 1.39. The van der Waals surface area contributed by atoms with E-state index in [2.05, 4.69) is 0 Å². The Morgan fingerprint density at radius 1 is 1.17 bits per heavy atom. The molecule has 0 aliphatic carbocycles. The summed E-state index contributed by atoms with van der Waals surface area (Å²) in [6, 6.07) is 9.20. The van der Waals surface area contributed by atoms with E-state index in [0.717, 1.165) is 5.56 Å². The highest BCUT2D eigenvalue weighted by Crippen LogP contribution is 2.32. The summed E-state index contributed by atoms with van der Waals surface area (Å²) in [5.41, 5.74) is 2.24. The second-order valence-corrected chi connectivity index (χ2v) is 9.14. The van der Waals surface area contributed by atoms with Gasteiger partial charge < -0.3 is 4.90 Å². The number of rotatable bonds is 6. The van der Waals surface area contributed by atoms with E-state index < -0.39 is 14.9 Å². The van der Waals surface area contributed by atoms with Crippen LogP contribution in [-0.4, -0.2) is 43.2 Å². The lowest BCUT2D eigenvalue weighted by molar-refractivity contribution is -0.385. The van der Waals surface area contributed by atoms with E-state index in [9.17, 15) is 23.3 Å². The molecule has 0 N–H and O–H groups in total. The Balaban J connectivity index is 1.96. The molecule has 1 amide bonds. The molecular formula is C21H25N3O5S. The minimum atomic E-state index is -3.58. The van der Waals surface area contributed by atoms with Gasteiger partial charge in [-0.05, 0) is 55.7 Å². The van der Waals surface area contributed by atoms with E-state index in [1.54, 1.807) is 43.9 Å². The summed E-state index contributed by atoms with van der Waals surface area (Å²) < 4.78 is 27.1. The Kier molecular flexibility index (Phi) is 6.23. The van der Waals surface area contributed by atoms with Crippen LogP contribution >= 0.6 is 0 Å². The van der Waals surface area contributed by atoms with Gasteiger partial charge in [0.1, 0.15) is 0 Å². The molecule has 2 aromatic rings. The van der Waals surface area contributed by atoms with E-state index in [1.165, 1.54) is 22.5 Å². The second kappa shape index (κ2) is 8.53. The average Bonchev–Trinajstić information content (AvgIpc) is 2.72. The molecule has 1 aliphatic heterocycles. The Labute approximate surface area is 176 Å². The second-order valence-electron chi connectivity index (χ2n) is 7.20. The molecular weight excluding hydrogens is 406 g/mol. The summed E-state index contributed by atoms with van der Waals surface area (Å²) in [5.74, 6) is -0.256. The fraction of sp³-hybridized carbons (Fsp3) is 0.381. The number of nitrogens with zero attached hydrogens (tertiary/aromatic N) is 3. The van der Waals surface area contributed by atoms with E-state index >= 15 is 0 Å². The number of aryl methyl sites for hydroxylation is 2. The predicted octanol–water partition coefficient (Wildman–Crippen LogP) is 3.53. The van der Waals surface area contributed by atoms with Crippen LogP contribution in [0.4, 0.5) is 11.4 Å². The van der Waals surface area contributed by atoms with Gasteiger partial charge >= 0.3 is 0 Å². The van der Waals surface area contributed by atoms with E-state index in [-0.39, 0.29) is 16.5 Å². The van der Waals surface area contributed by atoms with Gasteiger partial charge in [0.2, 0.25) is 10.0 Å². The molecule has 2 aromatic carbocycles. The first-order valence-electron chi connectivity index (χ1n) is 9.90. The number of hydrogen-bond acceptors (Lipinski definition) is 5. The van der Waals surface area contributed by atoms with E-state index in [0.29, 0.717) is 49.3 Å². The number of anilines is 1. The van der Waals surface area contributed by atoms with Crippen molar-refractivity contribution in [2.75, 3.05) is 24.5 Å². The summed E-state index contributed by atoms with van der Waals surface area (Å²) in [4.78, 5) is 25.5. The molecule has 3 rings (SSSR count). The molecule has 1 aliphatic rings. The molecule has 0 radical (unpaired) electrons. The van der Waals surface area contributed by atoms with Crippen molar-refractivity contribution in [1.29, 1.82) is 0 Å². The third kappa shape index (κ3) is 3.95. The Hall–Kier alpha value is -2.78. The molecule has 0 spiro atoms. The zero-order chi connectivity index (χ0) is 22.1. The largest absolute Gasteiger partial charge is 0.308 e. The molecule has 160 valence electrons. The molecule has 0 fully saturated rings. The Bertz CT molecular complexity index is 1090. The van der Waals surface area contributed by atoms with Crippen molar-refractivity contribution in [2.24, 2.45) is 0 Å². The quantitative estimate of drug-likeness (QED) is 0.514. The molecule has 0 bridgehead atoms. The van der Waals surface area contributed by atoms with Gasteiger partial charge in [-0.1, -0.05) is 13.8 Å². The fourth-order valence-corrected chi connectivity index (χ4v) is 5.32. The molecule has 8 nitrogen and oxygen atoms in total. The molecule has 1 heterocycles. The first kappa shape index (κ1) is 21.9. The van der Waals surface area contributed by atoms with Crippen LogP contribution < -0.4 is 4.90 Å². The first-order chi connectivity index (χ1) is 14.2. The highest BCUT2D eigenvalue weighted by Gasteiger charge is 2.28. The van der Waals surface area contributed by atoms with Crippen molar-refractivity contribution >= 4 is 27.3 Å². The van der Waals surface area contributed by atoms with Crippen LogP contribution in [0.1, 0.15) is 41.8 Å². The predicted molar refractivity (Wildman–Crippen MR) is 114 cm³/mol. The number of carbonyl (C=O) groups is 1. The van der Waals surface area contributed by atoms with Crippen molar-refractivity contribution in [3.05, 3.63) is 63.2 Å². The van der Waals surface area contributed by atoms with Crippen molar-refractivity contribution in [1.82, 2.24) is 4.31 Å². The SMILES string of the molecule is CCN(CC)S(=O)(=O)c1ccc2c(c1)CCCN2C(=O)c1ccc([N+](=O)[O-])c(C)c1. The van der Waals surface area contributed by atoms with Crippen LogP contribution in [0, 0.1) is 17.0 Å². The summed E-state index contributed by atoms with van der Waals surface area (Å²) in [5, 5.41) is 11.0. The van der Waals surface area contributed by atoms with Gasteiger partial charge in [0.05, 0.1) is 9.82 Å². The van der Waals surface area contributed by atoms with Gasteiger partial charge in [-0.25, -0.2) is 8.42 Å². The van der Waals surface area contributed by atoms with Gasteiger partial charge in [-0.3, -0.25) is 14.9 Å². The number of nitro benzene ring substituents is 1. The monoisotopic (exact) mass is 431 g/mol. The Morgan fingerprint density at radius 2 is 1.87 bits per heavy atom. The summed E-state index contributed by atoms with van der Waals surface area (Å²) >= 11 is 0. The molecule has 0 saturated heterocycles. The third-order valence-corrected chi connectivity index (χ3v) is 7.44. The topological polar surface area (TPSA) is 101 Å². The van der Waals surface area contributed by atoms with Crippen LogP contribution in [-0.2, 0) is 16.4 Å². The number of nitro groups is 1. The zero-order valence-electron chi connectivity index (χ0n) is 17.3. The maximum Gasteiger partial charge on any atom is 0.272 e. The van der Waals surface area contributed by atoms with Crippen LogP contribution in [0.2, 0.25) is 0 Å². The first-order valence-corrected chi connectivity index (χ1v) is 11.3. The van der Waals surface area contributed by atoms with Gasteiger partial charge in [-0.15, -0.1) is 0 Å². The van der Waals surface area contributed by atoms with Crippen molar-refractivity contribution in [3.8, 4) is 0 Å². The molecule has 9 heteroatoms. The van der Waals surface area contributed by atoms with Crippen LogP contribution in [0.25, 0.3) is 0 Å². The standard InChI is InChI=1S/C21H25N3O5S/c1-4-22(5-2)30(28,29)18-9-11-20-16(14-18)7-6-12-23(20)21(25)17-8-10-19(24(26)27)15(3)13-17/h8-11,13-14H,4-7,12H2,1-3H3. The molecule has 30 heavy (non-hydrogen) atoms. The van der Waals surface area contributed by atoms with E-state index in [4.69, 9.17) is 0 Å². The van der Waals surface area contributed by atoms with Gasteiger partial charge in [0.15, 0.2) is 0 Å². The molecule has 0 unspecified atom stereocenters. The van der Waals surface area contributed by atoms with Crippen molar-refractivity contribution in [2.45, 2.75) is 38.5 Å². The maximum atomic E-state index is 13.1. The van der Waals surface area contributed by atoms with Gasteiger partial charge in [-0.2, -0.15) is 4.31 Å². The average molecular weight is 432 g/mol. The lowest BCUT2D eigenvalue weighted by Crippen LogP contribution is -2.36. The van der Waals surface area contributed by atoms with Gasteiger partial charge in [0, 0.05) is 42.5 Å². The smallest absolute Gasteiger partial charge is 0.272 e. The number of carbonyl (C=O) groups excluding carboxylic acids is 1. The zero-order valence-corrected chi connectivity index (χ0v) is 18.1. The van der Waals surface area contributed by atoms with E-state index in [1.807, 2.05) is 0 Å². The molecule has 0 aromatic heterocycles.